The zero-order valence-corrected chi connectivity index (χ0v) is 18.0. The molecular formula is C22H27ClN4O2. The van der Waals surface area contributed by atoms with Crippen molar-refractivity contribution < 1.29 is 4.74 Å². The van der Waals surface area contributed by atoms with Crippen LogP contribution in [0.1, 0.15) is 44.5 Å². The van der Waals surface area contributed by atoms with Crippen LogP contribution in [-0.4, -0.2) is 28.6 Å². The van der Waals surface area contributed by atoms with Crippen molar-refractivity contribution in [2.45, 2.75) is 39.5 Å². The maximum absolute atomic E-state index is 12.5. The van der Waals surface area contributed by atoms with Crippen molar-refractivity contribution in [1.82, 2.24) is 15.0 Å². The number of ether oxygens (including phenoxy) is 1. The van der Waals surface area contributed by atoms with Gasteiger partial charge in [0.2, 0.25) is 0 Å². The number of aromatic amines is 1. The fraction of sp³-hybridized carbons (Fsp3) is 0.409. The Morgan fingerprint density at radius 2 is 2.03 bits per heavy atom. The van der Waals surface area contributed by atoms with Crippen LogP contribution in [0, 0.1) is 5.92 Å². The number of benzene rings is 1. The first kappa shape index (κ1) is 21.1. The normalized spacial score (nSPS) is 12.3. The van der Waals surface area contributed by atoms with E-state index in [1.165, 1.54) is 0 Å². The smallest absolute Gasteiger partial charge is 0.251 e. The van der Waals surface area contributed by atoms with Gasteiger partial charge in [0.25, 0.3) is 5.56 Å². The molecule has 0 amide bonds. The van der Waals surface area contributed by atoms with Gasteiger partial charge in [0.15, 0.2) is 11.6 Å². The molecule has 2 heterocycles. The van der Waals surface area contributed by atoms with Crippen LogP contribution in [0.15, 0.2) is 35.3 Å². The average Bonchev–Trinajstić information content (AvgIpc) is 2.70. The average molecular weight is 415 g/mol. The third-order valence-corrected chi connectivity index (χ3v) is 5.10. The summed E-state index contributed by atoms with van der Waals surface area (Å²) in [6.45, 7) is 7.12. The monoisotopic (exact) mass is 414 g/mol. The first-order valence-electron chi connectivity index (χ1n) is 9.83. The Balaban J connectivity index is 1.75. The van der Waals surface area contributed by atoms with E-state index in [4.69, 9.17) is 16.3 Å². The molecule has 6 nitrogen and oxygen atoms in total. The third kappa shape index (κ3) is 5.26. The molecule has 7 heteroatoms. The quantitative estimate of drug-likeness (QED) is 0.554. The van der Waals surface area contributed by atoms with E-state index in [0.717, 1.165) is 35.3 Å². The molecule has 0 aliphatic heterocycles. The molecule has 0 saturated carbocycles. The Morgan fingerprint density at radius 3 is 2.76 bits per heavy atom. The van der Waals surface area contributed by atoms with Crippen molar-refractivity contribution in [3.05, 3.63) is 57.2 Å². The number of rotatable bonds is 8. The number of nitrogens with one attached hydrogen (secondary N) is 2. The van der Waals surface area contributed by atoms with Crippen LogP contribution >= 0.6 is 11.6 Å². The zero-order valence-electron chi connectivity index (χ0n) is 17.3. The SMILES string of the molecule is COc1cnc(CC[C@@H](C)c2cc3cc(Cl)ccc3[nH]c2=O)nc1NCC(C)C. The standard InChI is InChI=1S/C22H27ClN4O2/c1-13(2)11-25-21-19(29-4)12-24-20(27-21)8-5-14(3)17-10-15-9-16(23)6-7-18(15)26-22(17)28/h6-7,9-10,12-14H,5,8,11H2,1-4H3,(H,26,28)(H,24,25,27)/t14-/m1/s1. The van der Waals surface area contributed by atoms with E-state index in [2.05, 4.69) is 34.1 Å². The highest BCUT2D eigenvalue weighted by Gasteiger charge is 2.14. The van der Waals surface area contributed by atoms with E-state index >= 15 is 0 Å². The van der Waals surface area contributed by atoms with E-state index < -0.39 is 0 Å². The van der Waals surface area contributed by atoms with Crippen LogP contribution in [0.5, 0.6) is 5.75 Å². The first-order valence-corrected chi connectivity index (χ1v) is 10.2. The van der Waals surface area contributed by atoms with Crippen LogP contribution in [0.2, 0.25) is 5.02 Å². The van der Waals surface area contributed by atoms with Crippen LogP contribution in [0.25, 0.3) is 10.9 Å². The number of hydrogen-bond acceptors (Lipinski definition) is 5. The largest absolute Gasteiger partial charge is 0.491 e. The first-order chi connectivity index (χ1) is 13.9. The van der Waals surface area contributed by atoms with E-state index in [9.17, 15) is 4.79 Å². The molecule has 3 aromatic rings. The van der Waals surface area contributed by atoms with E-state index in [1.54, 1.807) is 19.4 Å². The third-order valence-electron chi connectivity index (χ3n) is 4.87. The lowest BCUT2D eigenvalue weighted by atomic mass is 9.96. The molecule has 0 unspecified atom stereocenters. The Kier molecular flexibility index (Phi) is 6.75. The number of halogens is 1. The summed E-state index contributed by atoms with van der Waals surface area (Å²) in [5.41, 5.74) is 1.46. The van der Waals surface area contributed by atoms with Gasteiger partial charge in [-0.3, -0.25) is 4.79 Å². The summed E-state index contributed by atoms with van der Waals surface area (Å²) in [6, 6.07) is 7.39. The van der Waals surface area contributed by atoms with Crippen molar-refractivity contribution >= 4 is 28.3 Å². The molecule has 3 rings (SSSR count). The summed E-state index contributed by atoms with van der Waals surface area (Å²) in [4.78, 5) is 24.5. The minimum Gasteiger partial charge on any atom is -0.491 e. The van der Waals surface area contributed by atoms with Crippen molar-refractivity contribution in [3.8, 4) is 5.75 Å². The number of aryl methyl sites for hydroxylation is 1. The molecular weight excluding hydrogens is 388 g/mol. The number of anilines is 1. The van der Waals surface area contributed by atoms with Gasteiger partial charge in [0.05, 0.1) is 13.3 Å². The fourth-order valence-electron chi connectivity index (χ4n) is 3.17. The maximum atomic E-state index is 12.5. The minimum absolute atomic E-state index is 0.0555. The summed E-state index contributed by atoms with van der Waals surface area (Å²) in [7, 11) is 1.61. The summed E-state index contributed by atoms with van der Waals surface area (Å²) >= 11 is 6.09. The van der Waals surface area contributed by atoms with Gasteiger partial charge in [-0.25, -0.2) is 9.97 Å². The molecule has 2 aromatic heterocycles. The second-order valence-corrected chi connectivity index (χ2v) is 8.14. The van der Waals surface area contributed by atoms with Crippen molar-refractivity contribution in [2.24, 2.45) is 5.92 Å². The van der Waals surface area contributed by atoms with Crippen LogP contribution in [0.4, 0.5) is 5.82 Å². The summed E-state index contributed by atoms with van der Waals surface area (Å²) in [5, 5.41) is 4.89. The second kappa shape index (κ2) is 9.27. The molecule has 154 valence electrons. The highest BCUT2D eigenvalue weighted by molar-refractivity contribution is 6.31. The van der Waals surface area contributed by atoms with Gasteiger partial charge in [-0.15, -0.1) is 0 Å². The lowest BCUT2D eigenvalue weighted by molar-refractivity contribution is 0.411. The van der Waals surface area contributed by atoms with Gasteiger partial charge in [0.1, 0.15) is 5.82 Å². The lowest BCUT2D eigenvalue weighted by Gasteiger charge is -2.14. The maximum Gasteiger partial charge on any atom is 0.251 e. The van der Waals surface area contributed by atoms with Crippen molar-refractivity contribution in [1.29, 1.82) is 0 Å². The summed E-state index contributed by atoms with van der Waals surface area (Å²) < 4.78 is 5.35. The molecule has 0 spiro atoms. The number of pyridine rings is 1. The van der Waals surface area contributed by atoms with Gasteiger partial charge in [-0.05, 0) is 47.9 Å². The Labute approximate surface area is 175 Å². The highest BCUT2D eigenvalue weighted by atomic mass is 35.5. The Morgan fingerprint density at radius 1 is 1.24 bits per heavy atom. The number of aromatic nitrogens is 3. The minimum atomic E-state index is -0.0674. The van der Waals surface area contributed by atoms with Crippen molar-refractivity contribution in [2.75, 3.05) is 19.0 Å². The Hall–Kier alpha value is -2.60. The summed E-state index contributed by atoms with van der Waals surface area (Å²) in [5.74, 6) is 2.61. The molecule has 0 radical (unpaired) electrons. The molecule has 1 aromatic carbocycles. The molecule has 0 aliphatic carbocycles. The van der Waals surface area contributed by atoms with E-state index in [0.29, 0.717) is 28.9 Å². The molecule has 29 heavy (non-hydrogen) atoms. The number of nitrogens with zero attached hydrogens (tertiary/aromatic N) is 2. The van der Waals surface area contributed by atoms with Gasteiger partial charge in [-0.1, -0.05) is 32.4 Å². The number of H-pyrrole nitrogens is 1. The summed E-state index contributed by atoms with van der Waals surface area (Å²) in [6.07, 6.45) is 3.11. The van der Waals surface area contributed by atoms with Crippen molar-refractivity contribution in [3.63, 3.8) is 0 Å². The predicted octanol–water partition coefficient (Wildman–Crippen LogP) is 4.78. The Bertz CT molecular complexity index is 1050. The molecule has 0 fully saturated rings. The lowest BCUT2D eigenvalue weighted by Crippen LogP contribution is -2.16. The molecule has 0 bridgehead atoms. The van der Waals surface area contributed by atoms with Crippen LogP contribution in [0.3, 0.4) is 0 Å². The van der Waals surface area contributed by atoms with Crippen LogP contribution in [-0.2, 0) is 6.42 Å². The van der Waals surface area contributed by atoms with E-state index in [-0.39, 0.29) is 11.5 Å². The van der Waals surface area contributed by atoms with Gasteiger partial charge < -0.3 is 15.0 Å². The van der Waals surface area contributed by atoms with Crippen LogP contribution < -0.4 is 15.6 Å². The van der Waals surface area contributed by atoms with Gasteiger partial charge >= 0.3 is 0 Å². The number of fused-ring (bicyclic) bond motifs is 1. The molecule has 0 saturated heterocycles. The fourth-order valence-corrected chi connectivity index (χ4v) is 3.35. The zero-order chi connectivity index (χ0) is 21.0. The molecule has 0 aliphatic rings. The van der Waals surface area contributed by atoms with Gasteiger partial charge in [0, 0.05) is 29.1 Å². The topological polar surface area (TPSA) is 79.9 Å². The highest BCUT2D eigenvalue weighted by Crippen LogP contribution is 2.24. The predicted molar refractivity (Wildman–Crippen MR) is 118 cm³/mol. The van der Waals surface area contributed by atoms with Gasteiger partial charge in [-0.2, -0.15) is 0 Å². The molecule has 1 atom stereocenters. The number of hydrogen-bond donors (Lipinski definition) is 2. The second-order valence-electron chi connectivity index (χ2n) is 7.70. The van der Waals surface area contributed by atoms with E-state index in [1.807, 2.05) is 25.1 Å². The molecule has 2 N–H and O–H groups in total. The number of methoxy groups -OCH3 is 1.